The van der Waals surface area contributed by atoms with E-state index in [2.05, 4.69) is 33.3 Å². The van der Waals surface area contributed by atoms with Crippen molar-refractivity contribution in [3.05, 3.63) is 23.8 Å². The molecule has 0 atom stereocenters. The second-order valence-corrected chi connectivity index (χ2v) is 9.28. The van der Waals surface area contributed by atoms with Crippen LogP contribution in [0.3, 0.4) is 0 Å². The van der Waals surface area contributed by atoms with E-state index >= 15 is 0 Å². The molecule has 0 aromatic heterocycles. The number of nitrogens with zero attached hydrogens (tertiary/aromatic N) is 2. The summed E-state index contributed by atoms with van der Waals surface area (Å²) < 4.78 is 12.0. The quantitative estimate of drug-likeness (QED) is 0.345. The van der Waals surface area contributed by atoms with Crippen LogP contribution in [0.5, 0.6) is 5.75 Å². The minimum absolute atomic E-state index is 0.646. The summed E-state index contributed by atoms with van der Waals surface area (Å²) >= 11 is 0. The fourth-order valence-corrected chi connectivity index (χ4v) is 5.15. The number of ether oxygens (including phenoxy) is 2. The van der Waals surface area contributed by atoms with Gasteiger partial charge in [0, 0.05) is 24.8 Å². The van der Waals surface area contributed by atoms with Crippen LogP contribution in [0, 0.1) is 0 Å². The first kappa shape index (κ1) is 21.9. The maximum atomic E-state index is 6.05. The largest absolute Gasteiger partial charge is 0.494 e. The normalized spacial score (nSPS) is 20.9. The topological polar surface area (TPSA) is 37.0 Å². The van der Waals surface area contributed by atoms with Gasteiger partial charge in [0.05, 0.1) is 13.3 Å². The van der Waals surface area contributed by atoms with Crippen LogP contribution in [0.1, 0.15) is 69.8 Å². The molecule has 1 aromatic carbocycles. The Morgan fingerprint density at radius 3 is 2.57 bits per heavy atom. The molecule has 168 valence electrons. The number of benzene rings is 1. The molecule has 2 fully saturated rings. The average molecular weight is 416 g/mol. The monoisotopic (exact) mass is 415 g/mol. The first-order valence-corrected chi connectivity index (χ1v) is 12.4. The van der Waals surface area contributed by atoms with Gasteiger partial charge in [-0.05, 0) is 75.4 Å². The van der Waals surface area contributed by atoms with Gasteiger partial charge in [0.1, 0.15) is 12.5 Å². The Labute approximate surface area is 183 Å². The minimum atomic E-state index is 0.646. The van der Waals surface area contributed by atoms with Crippen LogP contribution in [0.25, 0.3) is 0 Å². The molecule has 1 saturated carbocycles. The van der Waals surface area contributed by atoms with Gasteiger partial charge in [0.2, 0.25) is 0 Å². The van der Waals surface area contributed by atoms with Crippen molar-refractivity contribution < 1.29 is 9.47 Å². The van der Waals surface area contributed by atoms with Crippen molar-refractivity contribution in [1.29, 1.82) is 0 Å². The van der Waals surface area contributed by atoms with Gasteiger partial charge in [0.15, 0.2) is 0 Å². The number of piperidine rings is 1. The lowest BCUT2D eigenvalue weighted by Gasteiger charge is -2.26. The van der Waals surface area contributed by atoms with E-state index in [9.17, 15) is 0 Å². The minimum Gasteiger partial charge on any atom is -0.494 e. The van der Waals surface area contributed by atoms with Gasteiger partial charge >= 0.3 is 0 Å². The van der Waals surface area contributed by atoms with Crippen LogP contribution in [0.15, 0.2) is 18.2 Å². The van der Waals surface area contributed by atoms with E-state index in [0.717, 1.165) is 31.7 Å². The molecule has 1 N–H and O–H groups in total. The van der Waals surface area contributed by atoms with Gasteiger partial charge in [-0.3, -0.25) is 5.32 Å². The molecule has 3 aliphatic rings. The molecule has 5 nitrogen and oxygen atoms in total. The summed E-state index contributed by atoms with van der Waals surface area (Å²) in [5, 5.41) is 3.60. The SMILES string of the molecule is c1cc2c(cc1OCCCN1CCCCC1)CCN2COCNC1CCCCCC1. The summed E-state index contributed by atoms with van der Waals surface area (Å²) in [4.78, 5) is 4.93. The number of likely N-dealkylation sites (tertiary alicyclic amines) is 1. The molecular weight excluding hydrogens is 374 g/mol. The summed E-state index contributed by atoms with van der Waals surface area (Å²) in [5.41, 5.74) is 2.70. The predicted octanol–water partition coefficient (Wildman–Crippen LogP) is 4.55. The first-order chi connectivity index (χ1) is 14.9. The molecular formula is C25H41N3O2. The maximum absolute atomic E-state index is 6.05. The van der Waals surface area contributed by atoms with Gasteiger partial charge < -0.3 is 19.3 Å². The Kier molecular flexibility index (Phi) is 8.71. The molecule has 5 heteroatoms. The van der Waals surface area contributed by atoms with Gasteiger partial charge in [-0.1, -0.05) is 32.1 Å². The van der Waals surface area contributed by atoms with Gasteiger partial charge in [0.25, 0.3) is 0 Å². The molecule has 30 heavy (non-hydrogen) atoms. The third-order valence-corrected chi connectivity index (χ3v) is 6.96. The first-order valence-electron chi connectivity index (χ1n) is 12.4. The molecule has 1 aliphatic carbocycles. The summed E-state index contributed by atoms with van der Waals surface area (Å²) in [7, 11) is 0. The third-order valence-electron chi connectivity index (χ3n) is 6.96. The lowest BCUT2D eigenvalue weighted by Crippen LogP contribution is -2.33. The fraction of sp³-hybridized carbons (Fsp3) is 0.760. The van der Waals surface area contributed by atoms with Crippen molar-refractivity contribution in [3.63, 3.8) is 0 Å². The average Bonchev–Trinajstić information content (AvgIpc) is 3.00. The Morgan fingerprint density at radius 1 is 0.933 bits per heavy atom. The molecule has 0 bridgehead atoms. The number of anilines is 1. The lowest BCUT2D eigenvalue weighted by atomic mass is 10.1. The highest BCUT2D eigenvalue weighted by Gasteiger charge is 2.20. The van der Waals surface area contributed by atoms with Gasteiger partial charge in [-0.2, -0.15) is 0 Å². The fourth-order valence-electron chi connectivity index (χ4n) is 5.15. The van der Waals surface area contributed by atoms with E-state index in [4.69, 9.17) is 9.47 Å². The predicted molar refractivity (Wildman–Crippen MR) is 123 cm³/mol. The van der Waals surface area contributed by atoms with E-state index in [1.54, 1.807) is 0 Å². The molecule has 0 radical (unpaired) electrons. The van der Waals surface area contributed by atoms with Crippen LogP contribution in [-0.2, 0) is 11.2 Å². The van der Waals surface area contributed by atoms with Crippen LogP contribution < -0.4 is 15.0 Å². The summed E-state index contributed by atoms with van der Waals surface area (Å²) in [6.45, 7) is 6.90. The Morgan fingerprint density at radius 2 is 1.73 bits per heavy atom. The van der Waals surface area contributed by atoms with Crippen LogP contribution in [-0.4, -0.2) is 57.2 Å². The molecule has 2 aliphatic heterocycles. The molecule has 1 saturated heterocycles. The molecule has 1 aromatic rings. The van der Waals surface area contributed by atoms with Gasteiger partial charge in [-0.25, -0.2) is 0 Å². The van der Waals surface area contributed by atoms with Crippen molar-refractivity contribution in [2.75, 3.05) is 51.1 Å². The third kappa shape index (κ3) is 6.60. The van der Waals surface area contributed by atoms with Crippen LogP contribution >= 0.6 is 0 Å². The van der Waals surface area contributed by atoms with Crippen LogP contribution in [0.2, 0.25) is 0 Å². The zero-order valence-electron chi connectivity index (χ0n) is 18.7. The highest BCUT2D eigenvalue weighted by molar-refractivity contribution is 5.59. The molecule has 0 spiro atoms. The van der Waals surface area contributed by atoms with E-state index in [-0.39, 0.29) is 0 Å². The Balaban J connectivity index is 1.14. The number of rotatable bonds is 10. The van der Waals surface area contributed by atoms with Gasteiger partial charge in [-0.15, -0.1) is 0 Å². The number of fused-ring (bicyclic) bond motifs is 1. The standard InChI is InChI=1S/C25H41N3O2/c1-2-5-10-23(9-4-1)26-20-29-21-28-17-13-22-19-24(11-12-25(22)28)30-18-8-16-27-14-6-3-7-15-27/h11-12,19,23,26H,1-10,13-18,20-21H2. The zero-order valence-corrected chi connectivity index (χ0v) is 18.7. The maximum Gasteiger partial charge on any atom is 0.120 e. The van der Waals surface area contributed by atoms with E-state index in [1.807, 2.05) is 0 Å². The summed E-state index contributed by atoms with van der Waals surface area (Å²) in [5.74, 6) is 1.02. The molecule has 4 rings (SSSR count). The van der Waals surface area contributed by atoms with Crippen molar-refractivity contribution in [2.45, 2.75) is 76.7 Å². The number of nitrogens with one attached hydrogen (secondary N) is 1. The second-order valence-electron chi connectivity index (χ2n) is 9.28. The van der Waals surface area contributed by atoms with Crippen molar-refractivity contribution in [1.82, 2.24) is 10.2 Å². The summed E-state index contributed by atoms with van der Waals surface area (Å²) in [6.07, 6.45) is 14.5. The molecule has 0 amide bonds. The van der Waals surface area contributed by atoms with E-state index in [1.165, 1.54) is 88.7 Å². The van der Waals surface area contributed by atoms with E-state index in [0.29, 0.717) is 19.5 Å². The van der Waals surface area contributed by atoms with E-state index < -0.39 is 0 Å². The van der Waals surface area contributed by atoms with Crippen molar-refractivity contribution in [2.24, 2.45) is 0 Å². The second kappa shape index (κ2) is 11.9. The van der Waals surface area contributed by atoms with Crippen LogP contribution in [0.4, 0.5) is 5.69 Å². The highest BCUT2D eigenvalue weighted by atomic mass is 16.5. The molecule has 2 heterocycles. The lowest BCUT2D eigenvalue weighted by molar-refractivity contribution is 0.107. The van der Waals surface area contributed by atoms with Crippen molar-refractivity contribution >= 4 is 5.69 Å². The number of hydrogen-bond acceptors (Lipinski definition) is 5. The number of hydrogen-bond donors (Lipinski definition) is 1. The summed E-state index contributed by atoms with van der Waals surface area (Å²) in [6, 6.07) is 7.22. The smallest absolute Gasteiger partial charge is 0.120 e. The zero-order chi connectivity index (χ0) is 20.4. The molecule has 0 unspecified atom stereocenters. The Bertz CT molecular complexity index is 625. The highest BCUT2D eigenvalue weighted by Crippen LogP contribution is 2.31. The van der Waals surface area contributed by atoms with Crippen molar-refractivity contribution in [3.8, 4) is 5.75 Å². The Hall–Kier alpha value is -1.30.